The van der Waals surface area contributed by atoms with Gasteiger partial charge in [0.05, 0.1) is 17.4 Å². The molecule has 1 amide bonds. The lowest BCUT2D eigenvalue weighted by atomic mass is 10.2. The van der Waals surface area contributed by atoms with Crippen molar-refractivity contribution in [2.24, 2.45) is 0 Å². The maximum Gasteiger partial charge on any atom is 0.266 e. The number of carbonyl (C=O) groups excluding carboxylic acids is 2. The number of rotatable bonds is 6. The molecule has 0 saturated carbocycles. The number of carbonyl (C=O) groups is 2. The average molecular weight is 402 g/mol. The number of aliphatic carboxylic acids is 1. The van der Waals surface area contributed by atoms with Crippen molar-refractivity contribution in [2.45, 2.75) is 6.61 Å². The molecule has 2 aromatic carbocycles. The Morgan fingerprint density at radius 3 is 2.78 bits per heavy atom. The van der Waals surface area contributed by atoms with Crippen LogP contribution in [0.1, 0.15) is 11.1 Å². The molecule has 0 atom stereocenters. The van der Waals surface area contributed by atoms with Crippen molar-refractivity contribution in [3.05, 3.63) is 70.4 Å². The summed E-state index contributed by atoms with van der Waals surface area (Å²) in [7, 11) is 0. The van der Waals surface area contributed by atoms with E-state index in [1.165, 1.54) is 6.07 Å². The van der Waals surface area contributed by atoms with Gasteiger partial charge in [-0.1, -0.05) is 54.3 Å². The summed E-state index contributed by atoms with van der Waals surface area (Å²) in [6.45, 7) is -0.502. The van der Waals surface area contributed by atoms with Crippen LogP contribution in [-0.4, -0.2) is 27.6 Å². The lowest BCUT2D eigenvalue weighted by molar-refractivity contribution is -0.305. The van der Waals surface area contributed by atoms with Gasteiger partial charge in [-0.15, -0.1) is 0 Å². The summed E-state index contributed by atoms with van der Waals surface area (Å²) >= 11 is 6.06. The molecule has 5 nitrogen and oxygen atoms in total. The maximum atomic E-state index is 13.7. The van der Waals surface area contributed by atoms with Crippen LogP contribution in [0.4, 0.5) is 4.39 Å². The molecule has 0 N–H and O–H groups in total. The largest absolute Gasteiger partial charge is 0.548 e. The molecule has 0 unspecified atom stereocenters. The zero-order valence-corrected chi connectivity index (χ0v) is 15.5. The first kappa shape index (κ1) is 19.1. The standard InChI is InChI=1S/C19H14FNO4S2/c20-15-7-2-1-5-13(15)11-25-14-6-3-4-12(8-14)9-16-18(24)21(10-17(22)23)19(26)27-16/h1-9H,10-11H2,(H,22,23)/p-1/b16-9+. The normalized spacial score (nSPS) is 15.4. The van der Waals surface area contributed by atoms with Crippen LogP contribution in [0.5, 0.6) is 5.75 Å². The number of ether oxygens (including phenoxy) is 1. The van der Waals surface area contributed by atoms with Crippen LogP contribution in [0.3, 0.4) is 0 Å². The SMILES string of the molecule is O=C([O-])CN1C(=O)/C(=C\c2cccc(OCc3ccccc3F)c2)SC1=S. The van der Waals surface area contributed by atoms with E-state index in [2.05, 4.69) is 0 Å². The van der Waals surface area contributed by atoms with Crippen LogP contribution in [0.2, 0.25) is 0 Å². The van der Waals surface area contributed by atoms with Crippen molar-refractivity contribution >= 4 is 46.3 Å². The summed E-state index contributed by atoms with van der Waals surface area (Å²) < 4.78 is 19.4. The fourth-order valence-electron chi connectivity index (χ4n) is 2.39. The van der Waals surface area contributed by atoms with E-state index in [0.717, 1.165) is 16.7 Å². The second-order valence-corrected chi connectivity index (χ2v) is 7.27. The van der Waals surface area contributed by atoms with E-state index >= 15 is 0 Å². The van der Waals surface area contributed by atoms with Gasteiger partial charge in [0.1, 0.15) is 22.5 Å². The summed E-state index contributed by atoms with van der Waals surface area (Å²) in [5.41, 5.74) is 1.11. The Kier molecular flexibility index (Phi) is 5.88. The van der Waals surface area contributed by atoms with Gasteiger partial charge in [-0.2, -0.15) is 0 Å². The van der Waals surface area contributed by atoms with E-state index in [1.54, 1.807) is 48.5 Å². The van der Waals surface area contributed by atoms with Gasteiger partial charge < -0.3 is 14.6 Å². The van der Waals surface area contributed by atoms with Crippen LogP contribution in [0, 0.1) is 5.82 Å². The minimum Gasteiger partial charge on any atom is -0.548 e. The number of hydrogen-bond donors (Lipinski definition) is 0. The molecular weight excluding hydrogens is 389 g/mol. The highest BCUT2D eigenvalue weighted by Gasteiger charge is 2.31. The molecule has 0 spiro atoms. The van der Waals surface area contributed by atoms with Gasteiger partial charge in [-0.05, 0) is 29.8 Å². The van der Waals surface area contributed by atoms with Crippen molar-refractivity contribution in [1.29, 1.82) is 0 Å². The first-order valence-corrected chi connectivity index (χ1v) is 9.08. The van der Waals surface area contributed by atoms with Crippen molar-refractivity contribution < 1.29 is 23.8 Å². The number of hydrogen-bond acceptors (Lipinski definition) is 6. The molecular formula is C19H13FNO4S2-. The molecule has 27 heavy (non-hydrogen) atoms. The minimum absolute atomic E-state index is 0.0733. The lowest BCUT2D eigenvalue weighted by Crippen LogP contribution is -2.40. The fraction of sp³-hybridized carbons (Fsp3) is 0.105. The van der Waals surface area contributed by atoms with Gasteiger partial charge in [0.25, 0.3) is 5.91 Å². The van der Waals surface area contributed by atoms with Crippen molar-refractivity contribution in [2.75, 3.05) is 6.54 Å². The zero-order chi connectivity index (χ0) is 19.4. The number of thiocarbonyl (C=S) groups is 1. The molecule has 1 aliphatic heterocycles. The van der Waals surface area contributed by atoms with E-state index in [0.29, 0.717) is 21.8 Å². The number of nitrogens with zero attached hydrogens (tertiary/aromatic N) is 1. The third kappa shape index (κ3) is 4.72. The third-order valence-corrected chi connectivity index (χ3v) is 5.05. The quantitative estimate of drug-likeness (QED) is 0.546. The van der Waals surface area contributed by atoms with E-state index in [9.17, 15) is 19.1 Å². The Bertz CT molecular complexity index is 945. The molecule has 1 saturated heterocycles. The number of carboxylic acids is 1. The zero-order valence-electron chi connectivity index (χ0n) is 13.9. The van der Waals surface area contributed by atoms with E-state index in [4.69, 9.17) is 17.0 Å². The van der Waals surface area contributed by atoms with Gasteiger partial charge in [0, 0.05) is 5.56 Å². The van der Waals surface area contributed by atoms with Crippen LogP contribution in [0.25, 0.3) is 6.08 Å². The molecule has 0 aliphatic carbocycles. The van der Waals surface area contributed by atoms with Gasteiger partial charge in [0.2, 0.25) is 0 Å². The topological polar surface area (TPSA) is 69.7 Å². The lowest BCUT2D eigenvalue weighted by Gasteiger charge is -2.14. The summed E-state index contributed by atoms with van der Waals surface area (Å²) in [5.74, 6) is -1.69. The van der Waals surface area contributed by atoms with Crippen LogP contribution in [-0.2, 0) is 16.2 Å². The highest BCUT2D eigenvalue weighted by atomic mass is 32.2. The van der Waals surface area contributed by atoms with Gasteiger partial charge in [-0.3, -0.25) is 9.69 Å². The second kappa shape index (κ2) is 8.32. The number of halogens is 1. The Morgan fingerprint density at radius 1 is 1.26 bits per heavy atom. The second-order valence-electron chi connectivity index (χ2n) is 5.59. The minimum atomic E-state index is -1.38. The summed E-state index contributed by atoms with van der Waals surface area (Å²) in [6, 6.07) is 13.3. The fourth-order valence-corrected chi connectivity index (χ4v) is 3.64. The summed E-state index contributed by atoms with van der Waals surface area (Å²) in [6.07, 6.45) is 1.60. The first-order chi connectivity index (χ1) is 12.9. The van der Waals surface area contributed by atoms with Crippen molar-refractivity contribution in [3.8, 4) is 5.75 Å². The molecule has 1 heterocycles. The highest BCUT2D eigenvalue weighted by molar-refractivity contribution is 8.26. The number of amides is 1. The van der Waals surface area contributed by atoms with Gasteiger partial charge in [-0.25, -0.2) is 4.39 Å². The maximum absolute atomic E-state index is 13.7. The van der Waals surface area contributed by atoms with Gasteiger partial charge in [0.15, 0.2) is 0 Å². The van der Waals surface area contributed by atoms with Crippen LogP contribution in [0.15, 0.2) is 53.4 Å². The first-order valence-electron chi connectivity index (χ1n) is 7.85. The molecule has 1 aliphatic rings. The number of thioether (sulfide) groups is 1. The summed E-state index contributed by atoms with van der Waals surface area (Å²) in [4.78, 5) is 24.3. The van der Waals surface area contributed by atoms with E-state index < -0.39 is 18.4 Å². The van der Waals surface area contributed by atoms with Crippen LogP contribution >= 0.6 is 24.0 Å². The molecule has 1 fully saturated rings. The predicted octanol–water partition coefficient (Wildman–Crippen LogP) is 2.36. The number of carboxylic acid groups (broad SMARTS) is 1. The molecule has 0 radical (unpaired) electrons. The smallest absolute Gasteiger partial charge is 0.266 e. The van der Waals surface area contributed by atoms with E-state index in [1.807, 2.05) is 0 Å². The predicted molar refractivity (Wildman–Crippen MR) is 102 cm³/mol. The molecule has 0 aromatic heterocycles. The Hall–Kier alpha value is -2.71. The molecule has 0 bridgehead atoms. The van der Waals surface area contributed by atoms with Gasteiger partial charge >= 0.3 is 0 Å². The van der Waals surface area contributed by atoms with Crippen molar-refractivity contribution in [1.82, 2.24) is 4.90 Å². The monoisotopic (exact) mass is 402 g/mol. The summed E-state index contributed by atoms with van der Waals surface area (Å²) in [5, 5.41) is 10.7. The van der Waals surface area contributed by atoms with E-state index in [-0.39, 0.29) is 16.7 Å². The molecule has 138 valence electrons. The average Bonchev–Trinajstić information content (AvgIpc) is 2.88. The van der Waals surface area contributed by atoms with Crippen molar-refractivity contribution in [3.63, 3.8) is 0 Å². The Labute approximate surface area is 164 Å². The molecule has 8 heteroatoms. The third-order valence-electron chi connectivity index (χ3n) is 3.67. The molecule has 3 rings (SSSR count). The van der Waals surface area contributed by atoms with Crippen LogP contribution < -0.4 is 9.84 Å². The number of benzene rings is 2. The molecule has 2 aromatic rings. The highest BCUT2D eigenvalue weighted by Crippen LogP contribution is 2.32. The Morgan fingerprint density at radius 2 is 2.04 bits per heavy atom. The Balaban J connectivity index is 1.73.